The van der Waals surface area contributed by atoms with Gasteiger partial charge in [0.2, 0.25) is 0 Å². The Balaban J connectivity index is 2.20. The molecule has 2 rings (SSSR count). The second-order valence-corrected chi connectivity index (χ2v) is 4.64. The van der Waals surface area contributed by atoms with Gasteiger partial charge in [0, 0.05) is 24.9 Å². The molecule has 1 N–H and O–H groups in total. The zero-order valence-corrected chi connectivity index (χ0v) is 12.0. The predicted molar refractivity (Wildman–Crippen MR) is 77.2 cm³/mol. The third kappa shape index (κ3) is 3.24. The largest absolute Gasteiger partial charge is 0.383 e. The fraction of sp³-hybridized carbons (Fsp3) is 0.333. The number of hydrogen-bond acceptors (Lipinski definition) is 3. The summed E-state index contributed by atoms with van der Waals surface area (Å²) in [5, 5.41) is 7.23. The molecule has 20 heavy (non-hydrogen) atoms. The van der Waals surface area contributed by atoms with Gasteiger partial charge >= 0.3 is 0 Å². The lowest BCUT2D eigenvalue weighted by molar-refractivity contribution is 0.0937. The molecule has 5 heteroatoms. The number of carbonyl (C=O) groups is 1. The molecule has 2 aromatic rings. The minimum Gasteiger partial charge on any atom is -0.383 e. The molecular weight excluding hydrogens is 254 g/mol. The zero-order valence-electron chi connectivity index (χ0n) is 12.0. The third-order valence-electron chi connectivity index (χ3n) is 2.95. The van der Waals surface area contributed by atoms with Gasteiger partial charge in [-0.25, -0.2) is 4.68 Å². The number of methoxy groups -OCH3 is 1. The Hall–Kier alpha value is -2.14. The van der Waals surface area contributed by atoms with Crippen LogP contribution in [-0.2, 0) is 4.74 Å². The number of ether oxygens (including phenoxy) is 1. The van der Waals surface area contributed by atoms with Gasteiger partial charge in [-0.2, -0.15) is 5.10 Å². The lowest BCUT2D eigenvalue weighted by Gasteiger charge is -2.08. The minimum absolute atomic E-state index is 0.106. The summed E-state index contributed by atoms with van der Waals surface area (Å²) < 4.78 is 6.75. The summed E-state index contributed by atoms with van der Waals surface area (Å²) in [5.41, 5.74) is 3.50. The first-order valence-corrected chi connectivity index (χ1v) is 6.52. The van der Waals surface area contributed by atoms with E-state index in [-0.39, 0.29) is 5.91 Å². The van der Waals surface area contributed by atoms with Crippen molar-refractivity contribution in [3.63, 3.8) is 0 Å². The molecule has 0 bridgehead atoms. The summed E-state index contributed by atoms with van der Waals surface area (Å²) in [4.78, 5) is 12.0. The highest BCUT2D eigenvalue weighted by molar-refractivity contribution is 5.94. The summed E-state index contributed by atoms with van der Waals surface area (Å²) in [7, 11) is 1.61. The van der Waals surface area contributed by atoms with E-state index >= 15 is 0 Å². The number of amides is 1. The maximum atomic E-state index is 12.0. The van der Waals surface area contributed by atoms with Crippen molar-refractivity contribution in [3.05, 3.63) is 47.3 Å². The van der Waals surface area contributed by atoms with Gasteiger partial charge in [0.1, 0.15) is 0 Å². The molecule has 106 valence electrons. The molecule has 1 amide bonds. The molecule has 0 saturated carbocycles. The van der Waals surface area contributed by atoms with Crippen molar-refractivity contribution in [1.29, 1.82) is 0 Å². The lowest BCUT2D eigenvalue weighted by atomic mass is 10.2. The Morgan fingerprint density at radius 3 is 2.80 bits per heavy atom. The van der Waals surface area contributed by atoms with Crippen molar-refractivity contribution in [1.82, 2.24) is 15.1 Å². The van der Waals surface area contributed by atoms with Crippen molar-refractivity contribution >= 4 is 5.91 Å². The van der Waals surface area contributed by atoms with E-state index in [2.05, 4.69) is 10.4 Å². The first-order chi connectivity index (χ1) is 9.61. The van der Waals surface area contributed by atoms with Crippen molar-refractivity contribution in [2.24, 2.45) is 0 Å². The third-order valence-corrected chi connectivity index (χ3v) is 2.95. The molecule has 0 spiro atoms. The van der Waals surface area contributed by atoms with Crippen LogP contribution in [-0.4, -0.2) is 35.9 Å². The van der Waals surface area contributed by atoms with Gasteiger partial charge in [0.05, 0.1) is 18.0 Å². The standard InChI is InChI=1S/C15H19N3O2/c1-11-9-12(2)18(17-11)14-6-4-5-13(10-14)15(19)16-7-8-20-3/h4-6,9-10H,7-8H2,1-3H3,(H,16,19). The van der Waals surface area contributed by atoms with Gasteiger partial charge in [0.25, 0.3) is 5.91 Å². The SMILES string of the molecule is COCCNC(=O)c1cccc(-n2nc(C)cc2C)c1. The summed E-state index contributed by atoms with van der Waals surface area (Å²) >= 11 is 0. The second-order valence-electron chi connectivity index (χ2n) is 4.64. The van der Waals surface area contributed by atoms with Gasteiger partial charge < -0.3 is 10.1 Å². The van der Waals surface area contributed by atoms with Crippen LogP contribution >= 0.6 is 0 Å². The Bertz CT molecular complexity index is 605. The topological polar surface area (TPSA) is 56.1 Å². The highest BCUT2D eigenvalue weighted by Gasteiger charge is 2.08. The average molecular weight is 273 g/mol. The molecule has 1 aromatic carbocycles. The fourth-order valence-corrected chi connectivity index (χ4v) is 2.04. The summed E-state index contributed by atoms with van der Waals surface area (Å²) in [5.74, 6) is -0.106. The second kappa shape index (κ2) is 6.34. The minimum atomic E-state index is -0.106. The number of carbonyl (C=O) groups excluding carboxylic acids is 1. The number of nitrogens with one attached hydrogen (secondary N) is 1. The fourth-order valence-electron chi connectivity index (χ4n) is 2.04. The highest BCUT2D eigenvalue weighted by atomic mass is 16.5. The molecule has 0 fully saturated rings. The van der Waals surface area contributed by atoms with E-state index in [4.69, 9.17) is 4.74 Å². The van der Waals surface area contributed by atoms with E-state index in [1.165, 1.54) is 0 Å². The van der Waals surface area contributed by atoms with Crippen molar-refractivity contribution in [2.75, 3.05) is 20.3 Å². The Labute approximate surface area is 118 Å². The molecule has 5 nitrogen and oxygen atoms in total. The molecule has 0 saturated heterocycles. The maximum absolute atomic E-state index is 12.0. The molecule has 0 aliphatic carbocycles. The van der Waals surface area contributed by atoms with Crippen LogP contribution in [0.4, 0.5) is 0 Å². The molecule has 0 unspecified atom stereocenters. The highest BCUT2D eigenvalue weighted by Crippen LogP contribution is 2.13. The summed E-state index contributed by atoms with van der Waals surface area (Å²) in [6.45, 7) is 4.94. The smallest absolute Gasteiger partial charge is 0.251 e. The number of benzene rings is 1. The van der Waals surface area contributed by atoms with Crippen LogP contribution in [0.5, 0.6) is 0 Å². The molecular formula is C15H19N3O2. The number of nitrogens with zero attached hydrogens (tertiary/aromatic N) is 2. The van der Waals surface area contributed by atoms with Gasteiger partial charge in [-0.1, -0.05) is 6.07 Å². The molecule has 0 radical (unpaired) electrons. The van der Waals surface area contributed by atoms with Crippen LogP contribution in [0.2, 0.25) is 0 Å². The van der Waals surface area contributed by atoms with Crippen LogP contribution in [0.25, 0.3) is 5.69 Å². The number of aryl methyl sites for hydroxylation is 2. The first-order valence-electron chi connectivity index (χ1n) is 6.52. The van der Waals surface area contributed by atoms with Crippen LogP contribution in [0.15, 0.2) is 30.3 Å². The van der Waals surface area contributed by atoms with Gasteiger partial charge in [-0.3, -0.25) is 4.79 Å². The van der Waals surface area contributed by atoms with Crippen molar-refractivity contribution in [2.45, 2.75) is 13.8 Å². The molecule has 0 atom stereocenters. The van der Waals surface area contributed by atoms with E-state index in [1.807, 2.05) is 42.8 Å². The number of aromatic nitrogens is 2. The van der Waals surface area contributed by atoms with E-state index < -0.39 is 0 Å². The Kier molecular flexibility index (Phi) is 4.53. The van der Waals surface area contributed by atoms with Gasteiger partial charge in [-0.05, 0) is 38.1 Å². The zero-order chi connectivity index (χ0) is 14.5. The normalized spacial score (nSPS) is 10.6. The quantitative estimate of drug-likeness (QED) is 0.846. The Morgan fingerprint density at radius 1 is 1.35 bits per heavy atom. The van der Waals surface area contributed by atoms with E-state index in [0.29, 0.717) is 18.7 Å². The van der Waals surface area contributed by atoms with Crippen LogP contribution in [0.1, 0.15) is 21.7 Å². The maximum Gasteiger partial charge on any atom is 0.251 e. The predicted octanol–water partition coefficient (Wildman–Crippen LogP) is 1.87. The van der Waals surface area contributed by atoms with Gasteiger partial charge in [-0.15, -0.1) is 0 Å². The molecule has 0 aliphatic rings. The van der Waals surface area contributed by atoms with Gasteiger partial charge in [0.15, 0.2) is 0 Å². The van der Waals surface area contributed by atoms with E-state index in [0.717, 1.165) is 17.1 Å². The van der Waals surface area contributed by atoms with Crippen LogP contribution in [0.3, 0.4) is 0 Å². The number of hydrogen-bond donors (Lipinski definition) is 1. The van der Waals surface area contributed by atoms with E-state index in [9.17, 15) is 4.79 Å². The van der Waals surface area contributed by atoms with Crippen LogP contribution < -0.4 is 5.32 Å². The van der Waals surface area contributed by atoms with Crippen molar-refractivity contribution < 1.29 is 9.53 Å². The summed E-state index contributed by atoms with van der Waals surface area (Å²) in [6.07, 6.45) is 0. The first kappa shape index (κ1) is 14.3. The van der Waals surface area contributed by atoms with Crippen LogP contribution in [0, 0.1) is 13.8 Å². The molecule has 1 heterocycles. The molecule has 1 aromatic heterocycles. The van der Waals surface area contributed by atoms with Crippen molar-refractivity contribution in [3.8, 4) is 5.69 Å². The number of rotatable bonds is 5. The average Bonchev–Trinajstić information content (AvgIpc) is 2.78. The molecule has 0 aliphatic heterocycles. The Morgan fingerprint density at radius 2 is 2.15 bits per heavy atom. The lowest BCUT2D eigenvalue weighted by Crippen LogP contribution is -2.27. The summed E-state index contributed by atoms with van der Waals surface area (Å²) in [6, 6.07) is 9.42. The monoisotopic (exact) mass is 273 g/mol. The van der Waals surface area contributed by atoms with E-state index in [1.54, 1.807) is 13.2 Å².